The summed E-state index contributed by atoms with van der Waals surface area (Å²) in [5.41, 5.74) is 0. The molecule has 0 spiro atoms. The third-order valence-electron chi connectivity index (χ3n) is 2.85. The predicted molar refractivity (Wildman–Crippen MR) is 77.9 cm³/mol. The zero-order valence-electron chi connectivity index (χ0n) is 11.1. The molecule has 0 bridgehead atoms. The van der Waals surface area contributed by atoms with Crippen LogP contribution in [0.2, 0.25) is 0 Å². The average Bonchev–Trinajstić information content (AvgIpc) is 2.79. The van der Waals surface area contributed by atoms with E-state index in [0.29, 0.717) is 6.54 Å². The topological polar surface area (TPSA) is 53.6 Å². The lowest BCUT2D eigenvalue weighted by molar-refractivity contribution is -0.122. The Morgan fingerprint density at radius 1 is 1.44 bits per heavy atom. The highest BCUT2D eigenvalue weighted by Gasteiger charge is 2.21. The summed E-state index contributed by atoms with van der Waals surface area (Å²) in [5, 5.41) is 6.13. The second kappa shape index (κ2) is 12.0. The van der Waals surface area contributed by atoms with Crippen molar-refractivity contribution < 1.29 is 9.53 Å². The van der Waals surface area contributed by atoms with Gasteiger partial charge in [0.25, 0.3) is 0 Å². The summed E-state index contributed by atoms with van der Waals surface area (Å²) >= 11 is 0. The zero-order valence-corrected chi connectivity index (χ0v) is 12.7. The van der Waals surface area contributed by atoms with Gasteiger partial charge in [0.05, 0.1) is 12.6 Å². The van der Waals surface area contributed by atoms with Gasteiger partial charge in [0.15, 0.2) is 0 Å². The molecule has 0 unspecified atom stereocenters. The molecule has 1 heterocycles. The van der Waals surface area contributed by atoms with E-state index >= 15 is 0 Å². The van der Waals surface area contributed by atoms with E-state index in [1.807, 2.05) is 7.05 Å². The van der Waals surface area contributed by atoms with Crippen LogP contribution in [0.1, 0.15) is 12.8 Å². The molecule has 0 saturated carbocycles. The average molecular weight is 302 g/mol. The Morgan fingerprint density at radius 3 is 2.72 bits per heavy atom. The first kappa shape index (κ1) is 20.3. The lowest BCUT2D eigenvalue weighted by Crippen LogP contribution is -2.43. The van der Waals surface area contributed by atoms with Crippen LogP contribution in [0.15, 0.2) is 0 Å². The highest BCUT2D eigenvalue weighted by atomic mass is 35.5. The van der Waals surface area contributed by atoms with Gasteiger partial charge in [-0.05, 0) is 26.4 Å². The minimum absolute atomic E-state index is 0. The highest BCUT2D eigenvalue weighted by molar-refractivity contribution is 5.85. The lowest BCUT2D eigenvalue weighted by atomic mass is 10.2. The standard InChI is InChI=1S/C11H23N3O2.2ClH/c1-14(8-9-16-2)7-6-13-11(15)10-4-3-5-12-10;;/h10,12H,3-9H2,1-2H3,(H,13,15);2*1H/t10-;;/m0../s1. The van der Waals surface area contributed by atoms with Gasteiger partial charge in [-0.2, -0.15) is 0 Å². The van der Waals surface area contributed by atoms with E-state index in [4.69, 9.17) is 4.74 Å². The molecule has 18 heavy (non-hydrogen) atoms. The molecular formula is C11H25Cl2N3O2. The van der Waals surface area contributed by atoms with Crippen LogP contribution in [0.3, 0.4) is 0 Å². The number of hydrogen-bond acceptors (Lipinski definition) is 4. The summed E-state index contributed by atoms with van der Waals surface area (Å²) in [6.45, 7) is 4.16. The van der Waals surface area contributed by atoms with Crippen LogP contribution in [0, 0.1) is 0 Å². The molecule has 110 valence electrons. The van der Waals surface area contributed by atoms with Crippen LogP contribution < -0.4 is 10.6 Å². The Kier molecular flexibility index (Phi) is 13.5. The maximum atomic E-state index is 11.6. The van der Waals surface area contributed by atoms with Gasteiger partial charge < -0.3 is 20.3 Å². The predicted octanol–water partition coefficient (Wildman–Crippen LogP) is 0.276. The monoisotopic (exact) mass is 301 g/mol. The summed E-state index contributed by atoms with van der Waals surface area (Å²) in [7, 11) is 3.72. The number of ether oxygens (including phenoxy) is 1. The highest BCUT2D eigenvalue weighted by Crippen LogP contribution is 2.03. The number of carbonyl (C=O) groups is 1. The van der Waals surface area contributed by atoms with Crippen LogP contribution in [0.5, 0.6) is 0 Å². The van der Waals surface area contributed by atoms with Crippen molar-refractivity contribution in [3.05, 3.63) is 0 Å². The summed E-state index contributed by atoms with van der Waals surface area (Å²) in [5.74, 6) is 0.137. The molecule has 1 atom stereocenters. The molecule has 0 aromatic carbocycles. The quantitative estimate of drug-likeness (QED) is 0.709. The van der Waals surface area contributed by atoms with E-state index in [1.165, 1.54) is 0 Å². The normalized spacial score (nSPS) is 18.1. The Morgan fingerprint density at radius 2 is 2.17 bits per heavy atom. The first-order chi connectivity index (χ1) is 7.74. The third kappa shape index (κ3) is 8.11. The van der Waals surface area contributed by atoms with Crippen molar-refractivity contribution in [2.45, 2.75) is 18.9 Å². The van der Waals surface area contributed by atoms with E-state index in [1.54, 1.807) is 7.11 Å². The number of hydrogen-bond donors (Lipinski definition) is 2. The van der Waals surface area contributed by atoms with Gasteiger partial charge in [-0.3, -0.25) is 4.79 Å². The molecule has 5 nitrogen and oxygen atoms in total. The molecule has 0 aromatic heterocycles. The zero-order chi connectivity index (χ0) is 11.8. The van der Waals surface area contributed by atoms with E-state index in [9.17, 15) is 4.79 Å². The van der Waals surface area contributed by atoms with Crippen molar-refractivity contribution in [1.29, 1.82) is 0 Å². The van der Waals surface area contributed by atoms with Gasteiger partial charge >= 0.3 is 0 Å². The number of nitrogens with zero attached hydrogens (tertiary/aromatic N) is 1. The molecule has 1 saturated heterocycles. The van der Waals surface area contributed by atoms with E-state index < -0.39 is 0 Å². The fraction of sp³-hybridized carbons (Fsp3) is 0.909. The molecule has 0 aliphatic carbocycles. The van der Waals surface area contributed by atoms with Gasteiger partial charge in [0.1, 0.15) is 0 Å². The molecule has 1 amide bonds. The summed E-state index contributed by atoms with van der Waals surface area (Å²) in [6, 6.07) is 0.0317. The minimum atomic E-state index is 0. The van der Waals surface area contributed by atoms with Crippen LogP contribution in [-0.2, 0) is 9.53 Å². The van der Waals surface area contributed by atoms with Crippen molar-refractivity contribution >= 4 is 30.7 Å². The number of amides is 1. The number of nitrogens with one attached hydrogen (secondary N) is 2. The van der Waals surface area contributed by atoms with Crippen LogP contribution >= 0.6 is 24.8 Å². The molecule has 0 radical (unpaired) electrons. The van der Waals surface area contributed by atoms with Gasteiger partial charge in [0.2, 0.25) is 5.91 Å². The maximum Gasteiger partial charge on any atom is 0.237 e. The van der Waals surface area contributed by atoms with Gasteiger partial charge in [-0.15, -0.1) is 24.8 Å². The molecule has 1 aliphatic rings. The largest absolute Gasteiger partial charge is 0.383 e. The van der Waals surface area contributed by atoms with Gasteiger partial charge in [-0.1, -0.05) is 0 Å². The van der Waals surface area contributed by atoms with Crippen molar-refractivity contribution in [2.24, 2.45) is 0 Å². The van der Waals surface area contributed by atoms with Crippen molar-refractivity contribution in [1.82, 2.24) is 15.5 Å². The molecular weight excluding hydrogens is 277 g/mol. The smallest absolute Gasteiger partial charge is 0.237 e. The van der Waals surface area contributed by atoms with Crippen molar-refractivity contribution in [3.8, 4) is 0 Å². The lowest BCUT2D eigenvalue weighted by Gasteiger charge is -2.17. The SMILES string of the molecule is COCCN(C)CCNC(=O)[C@@H]1CCCN1.Cl.Cl. The van der Waals surface area contributed by atoms with Gasteiger partial charge in [-0.25, -0.2) is 0 Å². The summed E-state index contributed by atoms with van der Waals surface area (Å²) in [6.07, 6.45) is 2.07. The number of likely N-dealkylation sites (N-methyl/N-ethyl adjacent to an activating group) is 1. The van der Waals surface area contributed by atoms with Crippen LogP contribution in [0.25, 0.3) is 0 Å². The number of carbonyl (C=O) groups excluding carboxylic acids is 1. The molecule has 7 heteroatoms. The molecule has 2 N–H and O–H groups in total. The van der Waals surface area contributed by atoms with Crippen molar-refractivity contribution in [3.63, 3.8) is 0 Å². The van der Waals surface area contributed by atoms with E-state index in [0.717, 1.165) is 39.1 Å². The molecule has 0 aromatic rings. The second-order valence-corrected chi connectivity index (χ2v) is 4.24. The first-order valence-corrected chi connectivity index (χ1v) is 5.92. The molecule has 1 rings (SSSR count). The molecule has 1 fully saturated rings. The van der Waals surface area contributed by atoms with Crippen LogP contribution in [0.4, 0.5) is 0 Å². The van der Waals surface area contributed by atoms with Crippen LogP contribution in [-0.4, -0.2) is 63.8 Å². The number of halogens is 2. The third-order valence-corrected chi connectivity index (χ3v) is 2.85. The van der Waals surface area contributed by atoms with E-state index in [-0.39, 0.29) is 36.8 Å². The fourth-order valence-corrected chi connectivity index (χ4v) is 1.76. The Balaban J connectivity index is 0. The fourth-order valence-electron chi connectivity index (χ4n) is 1.76. The summed E-state index contributed by atoms with van der Waals surface area (Å²) < 4.78 is 4.98. The number of methoxy groups -OCH3 is 1. The molecule has 1 aliphatic heterocycles. The maximum absolute atomic E-state index is 11.6. The van der Waals surface area contributed by atoms with Crippen molar-refractivity contribution in [2.75, 3.05) is 46.9 Å². The number of rotatable bonds is 7. The Hall–Kier alpha value is -0.0700. The second-order valence-electron chi connectivity index (χ2n) is 4.24. The minimum Gasteiger partial charge on any atom is -0.383 e. The Labute approximate surface area is 122 Å². The first-order valence-electron chi connectivity index (χ1n) is 5.92. The summed E-state index contributed by atoms with van der Waals surface area (Å²) in [4.78, 5) is 13.8. The Bertz CT molecular complexity index is 214. The van der Waals surface area contributed by atoms with E-state index in [2.05, 4.69) is 15.5 Å². The van der Waals surface area contributed by atoms with Gasteiger partial charge in [0, 0.05) is 26.7 Å².